The van der Waals surface area contributed by atoms with Gasteiger partial charge in [0.1, 0.15) is 12.1 Å². The number of methoxy groups -OCH3 is 1. The predicted molar refractivity (Wildman–Crippen MR) is 102 cm³/mol. The van der Waals surface area contributed by atoms with Crippen molar-refractivity contribution >= 4 is 23.8 Å². The highest BCUT2D eigenvalue weighted by Crippen LogP contribution is 2.39. The Balaban J connectivity index is 1.66. The minimum Gasteiger partial charge on any atom is -0.451 e. The van der Waals surface area contributed by atoms with Crippen LogP contribution in [0.1, 0.15) is 30.9 Å². The van der Waals surface area contributed by atoms with E-state index in [0.717, 1.165) is 28.9 Å². The van der Waals surface area contributed by atoms with E-state index in [1.807, 2.05) is 24.3 Å². The van der Waals surface area contributed by atoms with Crippen molar-refractivity contribution in [3.8, 4) is 0 Å². The zero-order valence-corrected chi connectivity index (χ0v) is 16.5. The number of fused-ring (bicyclic) bond motifs is 2. The standard InChI is InChI=1S/C20H25N3O6/c1-13(17(25)21-10-11-28-2)29-16(24)12-23-18(26)20(22-19(23)27)9-5-7-14-6-3-4-8-15(14)20/h3-4,6,8,13H,5,7,9-12H2,1-2H3,(H,21,25)(H,22,27)/t13-,20-/m1/s1. The molecule has 0 radical (unpaired) electrons. The van der Waals surface area contributed by atoms with Crippen LogP contribution in [0.25, 0.3) is 0 Å². The van der Waals surface area contributed by atoms with E-state index in [4.69, 9.17) is 9.47 Å². The number of esters is 1. The normalized spacial score (nSPS) is 21.5. The monoisotopic (exact) mass is 403 g/mol. The van der Waals surface area contributed by atoms with Gasteiger partial charge < -0.3 is 20.1 Å². The lowest BCUT2D eigenvalue weighted by Gasteiger charge is -2.33. The lowest BCUT2D eigenvalue weighted by Crippen LogP contribution is -2.47. The van der Waals surface area contributed by atoms with Crippen LogP contribution in [0.2, 0.25) is 0 Å². The Morgan fingerprint density at radius 2 is 2.07 bits per heavy atom. The molecule has 29 heavy (non-hydrogen) atoms. The topological polar surface area (TPSA) is 114 Å². The molecule has 1 heterocycles. The van der Waals surface area contributed by atoms with Crippen molar-refractivity contribution in [2.45, 2.75) is 37.8 Å². The lowest BCUT2D eigenvalue weighted by molar-refractivity contribution is -0.156. The Kier molecular flexibility index (Phi) is 6.17. The van der Waals surface area contributed by atoms with Crippen LogP contribution in [0.3, 0.4) is 0 Å². The van der Waals surface area contributed by atoms with Gasteiger partial charge in [0.15, 0.2) is 6.10 Å². The SMILES string of the molecule is COCCNC(=O)[C@@H](C)OC(=O)CN1C(=O)N[C@@]2(CCCc3ccccc32)C1=O. The van der Waals surface area contributed by atoms with Crippen molar-refractivity contribution in [2.75, 3.05) is 26.8 Å². The number of imide groups is 1. The Hall–Kier alpha value is -2.94. The van der Waals surface area contributed by atoms with Crippen molar-refractivity contribution in [2.24, 2.45) is 0 Å². The lowest BCUT2D eigenvalue weighted by atomic mass is 9.76. The summed E-state index contributed by atoms with van der Waals surface area (Å²) in [6.45, 7) is 1.49. The van der Waals surface area contributed by atoms with Gasteiger partial charge in [-0.15, -0.1) is 0 Å². The zero-order valence-electron chi connectivity index (χ0n) is 16.5. The first-order valence-electron chi connectivity index (χ1n) is 9.57. The maximum Gasteiger partial charge on any atom is 0.327 e. The maximum absolute atomic E-state index is 13.1. The molecule has 156 valence electrons. The minimum absolute atomic E-state index is 0.284. The molecule has 9 heteroatoms. The van der Waals surface area contributed by atoms with Crippen molar-refractivity contribution in [1.29, 1.82) is 0 Å². The van der Waals surface area contributed by atoms with Gasteiger partial charge in [-0.25, -0.2) is 4.79 Å². The summed E-state index contributed by atoms with van der Waals surface area (Å²) in [7, 11) is 1.51. The fraction of sp³-hybridized carbons (Fsp3) is 0.500. The van der Waals surface area contributed by atoms with Gasteiger partial charge in [0.25, 0.3) is 11.8 Å². The van der Waals surface area contributed by atoms with Crippen LogP contribution in [0.4, 0.5) is 4.79 Å². The molecular weight excluding hydrogens is 378 g/mol. The maximum atomic E-state index is 13.1. The average molecular weight is 403 g/mol. The molecule has 0 unspecified atom stereocenters. The number of ether oxygens (including phenoxy) is 2. The van der Waals surface area contributed by atoms with Gasteiger partial charge in [0.2, 0.25) is 0 Å². The molecule has 2 aliphatic rings. The number of carbonyl (C=O) groups is 4. The highest BCUT2D eigenvalue weighted by atomic mass is 16.5. The largest absolute Gasteiger partial charge is 0.451 e. The molecule has 1 spiro atoms. The van der Waals surface area contributed by atoms with Gasteiger partial charge in [0.05, 0.1) is 6.61 Å². The van der Waals surface area contributed by atoms with Crippen LogP contribution in [0.15, 0.2) is 24.3 Å². The average Bonchev–Trinajstić information content (AvgIpc) is 2.93. The van der Waals surface area contributed by atoms with E-state index in [-0.39, 0.29) is 6.54 Å². The molecule has 2 atom stereocenters. The van der Waals surface area contributed by atoms with Crippen molar-refractivity contribution in [3.05, 3.63) is 35.4 Å². The number of amides is 4. The summed E-state index contributed by atoms with van der Waals surface area (Å²) in [6.07, 6.45) is 1.00. The van der Waals surface area contributed by atoms with Gasteiger partial charge in [-0.05, 0) is 37.3 Å². The van der Waals surface area contributed by atoms with E-state index < -0.39 is 42.0 Å². The first-order valence-corrected chi connectivity index (χ1v) is 9.57. The Morgan fingerprint density at radius 1 is 1.31 bits per heavy atom. The predicted octanol–water partition coefficient (Wildman–Crippen LogP) is 0.464. The second-order valence-corrected chi connectivity index (χ2v) is 7.15. The third kappa shape index (κ3) is 4.09. The number of hydrogen-bond acceptors (Lipinski definition) is 6. The van der Waals surface area contributed by atoms with Gasteiger partial charge in [-0.3, -0.25) is 19.3 Å². The number of carbonyl (C=O) groups excluding carboxylic acids is 4. The summed E-state index contributed by atoms with van der Waals surface area (Å²) in [4.78, 5) is 50.6. The molecule has 0 bridgehead atoms. The van der Waals surface area contributed by atoms with Crippen LogP contribution >= 0.6 is 0 Å². The van der Waals surface area contributed by atoms with Gasteiger partial charge in [-0.1, -0.05) is 24.3 Å². The Bertz CT molecular complexity index is 826. The second-order valence-electron chi connectivity index (χ2n) is 7.15. The third-order valence-corrected chi connectivity index (χ3v) is 5.22. The van der Waals surface area contributed by atoms with Crippen LogP contribution in [-0.4, -0.2) is 61.6 Å². The highest BCUT2D eigenvalue weighted by Gasteiger charge is 2.54. The number of urea groups is 1. The van der Waals surface area contributed by atoms with E-state index in [0.29, 0.717) is 13.0 Å². The molecule has 1 fully saturated rings. The number of hydrogen-bond donors (Lipinski definition) is 2. The third-order valence-electron chi connectivity index (χ3n) is 5.22. The quantitative estimate of drug-likeness (QED) is 0.389. The molecule has 1 saturated heterocycles. The van der Waals surface area contributed by atoms with E-state index in [2.05, 4.69) is 10.6 Å². The number of nitrogens with zero attached hydrogens (tertiary/aromatic N) is 1. The minimum atomic E-state index is -1.14. The van der Waals surface area contributed by atoms with Gasteiger partial charge in [-0.2, -0.15) is 0 Å². The first kappa shape index (κ1) is 20.8. The molecule has 1 aromatic rings. The summed E-state index contributed by atoms with van der Waals surface area (Å²) in [5.74, 6) is -1.78. The smallest absolute Gasteiger partial charge is 0.327 e. The fourth-order valence-electron chi connectivity index (χ4n) is 3.79. The van der Waals surface area contributed by atoms with E-state index in [1.54, 1.807) is 0 Å². The number of nitrogens with one attached hydrogen (secondary N) is 2. The van der Waals surface area contributed by atoms with Crippen LogP contribution in [0, 0.1) is 0 Å². The number of benzene rings is 1. The van der Waals surface area contributed by atoms with Crippen LogP contribution in [-0.2, 0) is 35.8 Å². The van der Waals surface area contributed by atoms with E-state index in [1.165, 1.54) is 14.0 Å². The number of aryl methyl sites for hydroxylation is 1. The number of rotatable bonds is 7. The molecule has 3 rings (SSSR count). The molecule has 0 saturated carbocycles. The molecule has 1 aliphatic carbocycles. The van der Waals surface area contributed by atoms with Crippen LogP contribution in [0.5, 0.6) is 0 Å². The molecule has 1 aromatic carbocycles. The fourth-order valence-corrected chi connectivity index (χ4v) is 3.79. The highest BCUT2D eigenvalue weighted by molar-refractivity contribution is 6.09. The molecule has 4 amide bonds. The molecular formula is C20H25N3O6. The summed E-state index contributed by atoms with van der Waals surface area (Å²) in [5.41, 5.74) is 0.638. The van der Waals surface area contributed by atoms with Crippen molar-refractivity contribution < 1.29 is 28.7 Å². The summed E-state index contributed by atoms with van der Waals surface area (Å²) in [5, 5.41) is 5.33. The van der Waals surface area contributed by atoms with E-state index >= 15 is 0 Å². The molecule has 0 aromatic heterocycles. The Morgan fingerprint density at radius 3 is 2.83 bits per heavy atom. The summed E-state index contributed by atoms with van der Waals surface area (Å²) < 4.78 is 9.91. The van der Waals surface area contributed by atoms with Crippen molar-refractivity contribution in [3.63, 3.8) is 0 Å². The van der Waals surface area contributed by atoms with Gasteiger partial charge in [0, 0.05) is 13.7 Å². The first-order chi connectivity index (χ1) is 13.9. The molecule has 2 N–H and O–H groups in total. The Labute approximate surface area is 168 Å². The summed E-state index contributed by atoms with van der Waals surface area (Å²) in [6, 6.07) is 6.86. The van der Waals surface area contributed by atoms with Gasteiger partial charge >= 0.3 is 12.0 Å². The molecule has 9 nitrogen and oxygen atoms in total. The van der Waals surface area contributed by atoms with Crippen molar-refractivity contribution in [1.82, 2.24) is 15.5 Å². The van der Waals surface area contributed by atoms with E-state index in [9.17, 15) is 19.2 Å². The molecule has 1 aliphatic heterocycles. The second kappa shape index (κ2) is 8.60. The summed E-state index contributed by atoms with van der Waals surface area (Å²) >= 11 is 0. The zero-order chi connectivity index (χ0) is 21.0. The van der Waals surface area contributed by atoms with Crippen LogP contribution < -0.4 is 10.6 Å².